The van der Waals surface area contributed by atoms with Crippen LogP contribution in [0.25, 0.3) is 0 Å². The lowest BCUT2D eigenvalue weighted by Crippen LogP contribution is -2.50. The van der Waals surface area contributed by atoms with Crippen LogP contribution in [0.15, 0.2) is 146 Å². The number of esters is 2. The van der Waals surface area contributed by atoms with E-state index in [0.717, 1.165) is 96.3 Å². The van der Waals surface area contributed by atoms with Crippen molar-refractivity contribution in [2.24, 2.45) is 0 Å². The summed E-state index contributed by atoms with van der Waals surface area (Å²) in [6.07, 6.45) is 67.5. The molecule has 0 fully saturated rings. The lowest BCUT2D eigenvalue weighted by Gasteiger charge is -2.31. The Hall–Kier alpha value is -4.79. The molecule has 0 rings (SSSR count). The highest BCUT2D eigenvalue weighted by Gasteiger charge is 2.31. The number of ether oxygens (including phenoxy) is 3. The first kappa shape index (κ1) is 60.2. The SMILES string of the molecule is CC/C=C/C/C=C/C/C=C/C/C=C/C/C=C/C/C=C/C/C=C/CCCC(=O)OC(COCCC(C(=O)O)[N+](C)(C)C)COC(=O)CCCCCCC/C=C/C=C/C=C/C=C/C=C/CCC. The van der Waals surface area contributed by atoms with Gasteiger partial charge in [-0.15, -0.1) is 0 Å². The van der Waals surface area contributed by atoms with E-state index in [4.69, 9.17) is 14.2 Å². The Labute approximate surface area is 395 Å². The summed E-state index contributed by atoms with van der Waals surface area (Å²) in [4.78, 5) is 37.1. The smallest absolute Gasteiger partial charge is 0.362 e. The minimum atomic E-state index is -0.896. The van der Waals surface area contributed by atoms with Crippen molar-refractivity contribution in [1.29, 1.82) is 0 Å². The Morgan fingerprint density at radius 2 is 0.938 bits per heavy atom. The van der Waals surface area contributed by atoms with Gasteiger partial charge < -0.3 is 23.8 Å². The number of quaternary nitrogens is 1. The number of carbonyl (C=O) groups excluding carboxylic acids is 2. The molecule has 0 aliphatic rings. The summed E-state index contributed by atoms with van der Waals surface area (Å²) in [6.45, 7) is 4.41. The molecular weight excluding hydrogens is 811 g/mol. The maximum Gasteiger partial charge on any atom is 0.362 e. The highest BCUT2D eigenvalue weighted by molar-refractivity contribution is 5.72. The lowest BCUT2D eigenvalue weighted by atomic mass is 10.1. The van der Waals surface area contributed by atoms with Crippen molar-refractivity contribution in [3.63, 3.8) is 0 Å². The van der Waals surface area contributed by atoms with Gasteiger partial charge in [0.25, 0.3) is 0 Å². The molecule has 0 spiro atoms. The fraction of sp³-hybridized carbons (Fsp3) is 0.526. The molecule has 0 bridgehead atoms. The van der Waals surface area contributed by atoms with Gasteiger partial charge in [-0.3, -0.25) is 9.59 Å². The van der Waals surface area contributed by atoms with Crippen molar-refractivity contribution >= 4 is 17.9 Å². The molecule has 0 aliphatic heterocycles. The molecule has 65 heavy (non-hydrogen) atoms. The number of unbranched alkanes of at least 4 members (excludes halogenated alkanes) is 7. The summed E-state index contributed by atoms with van der Waals surface area (Å²) in [6, 6.07) is -0.640. The molecule has 0 saturated carbocycles. The van der Waals surface area contributed by atoms with Gasteiger partial charge in [0.05, 0.1) is 34.4 Å². The molecular formula is C57H88NO7+. The van der Waals surface area contributed by atoms with Gasteiger partial charge >= 0.3 is 17.9 Å². The average Bonchev–Trinajstić information content (AvgIpc) is 3.27. The van der Waals surface area contributed by atoms with Crippen molar-refractivity contribution in [2.45, 2.75) is 154 Å². The van der Waals surface area contributed by atoms with Crippen molar-refractivity contribution in [3.8, 4) is 0 Å². The maximum absolute atomic E-state index is 12.8. The molecule has 2 atom stereocenters. The molecule has 0 aromatic heterocycles. The number of likely N-dealkylation sites (N-methyl/N-ethyl adjacent to an activating group) is 1. The summed E-state index contributed by atoms with van der Waals surface area (Å²) in [7, 11) is 5.48. The fourth-order valence-electron chi connectivity index (χ4n) is 6.11. The number of nitrogens with zero attached hydrogens (tertiary/aromatic N) is 1. The molecule has 362 valence electrons. The third-order valence-corrected chi connectivity index (χ3v) is 9.83. The highest BCUT2D eigenvalue weighted by atomic mass is 16.6. The van der Waals surface area contributed by atoms with E-state index in [1.807, 2.05) is 57.6 Å². The molecule has 0 aliphatic carbocycles. The third-order valence-electron chi connectivity index (χ3n) is 9.83. The first-order valence-electron chi connectivity index (χ1n) is 24.4. The number of carboxylic acids is 1. The lowest BCUT2D eigenvalue weighted by molar-refractivity contribution is -0.887. The predicted molar refractivity (Wildman–Crippen MR) is 274 cm³/mol. The standard InChI is InChI=1S/C57H87NO7/c1-6-8-10-12-14-16-18-20-22-24-26-27-28-29-30-32-34-36-38-40-42-44-46-48-56(60)65-53(51-63-50-49-54(57(61)62)58(3,4)5)52-64-55(59)47-45-43-41-39-37-35-33-31-25-23-21-19-17-15-13-11-9-7-2/h8,10-11,13-17,19-23,25-27,29-31,33-34,36,40,42,53-54H,6-7,9,12,18,24,28,32,35,37-39,41,43-52H2,1-5H3/p+1/b10-8+,13-11+,16-14+,17-15+,21-19+,22-20+,25-23+,27-26+,30-29+,33-31+,36-34+,42-40+. The average molecular weight is 899 g/mol. The molecule has 0 radical (unpaired) electrons. The summed E-state index contributed by atoms with van der Waals surface area (Å²) in [5.74, 6) is -1.60. The molecule has 0 saturated heterocycles. The van der Waals surface area contributed by atoms with E-state index in [-0.39, 0.29) is 42.7 Å². The molecule has 0 aromatic carbocycles. The van der Waals surface area contributed by atoms with Crippen LogP contribution < -0.4 is 0 Å². The number of allylic oxidation sites excluding steroid dienone is 24. The van der Waals surface area contributed by atoms with E-state index in [1.165, 1.54) is 6.42 Å². The van der Waals surface area contributed by atoms with Crippen LogP contribution in [0.5, 0.6) is 0 Å². The second-order valence-corrected chi connectivity index (χ2v) is 16.7. The summed E-state index contributed by atoms with van der Waals surface area (Å²) in [5, 5.41) is 9.65. The van der Waals surface area contributed by atoms with Crippen LogP contribution in [-0.4, -0.2) is 80.6 Å². The van der Waals surface area contributed by atoms with Gasteiger partial charge in [0.2, 0.25) is 0 Å². The van der Waals surface area contributed by atoms with Crippen LogP contribution in [0.2, 0.25) is 0 Å². The van der Waals surface area contributed by atoms with Crippen molar-refractivity contribution in [2.75, 3.05) is 41.0 Å². The van der Waals surface area contributed by atoms with Crippen LogP contribution in [0.3, 0.4) is 0 Å². The number of hydrogen-bond donors (Lipinski definition) is 1. The monoisotopic (exact) mass is 899 g/mol. The van der Waals surface area contributed by atoms with Gasteiger partial charge in [-0.2, -0.15) is 0 Å². The summed E-state index contributed by atoms with van der Waals surface area (Å²) in [5.41, 5.74) is 0. The zero-order chi connectivity index (χ0) is 47.7. The number of carboxylic acid groups (broad SMARTS) is 1. The quantitative estimate of drug-likeness (QED) is 0.0214. The number of hydrogen-bond acceptors (Lipinski definition) is 6. The summed E-state index contributed by atoms with van der Waals surface area (Å²) < 4.78 is 17.2. The molecule has 0 amide bonds. The predicted octanol–water partition coefficient (Wildman–Crippen LogP) is 14.1. The summed E-state index contributed by atoms with van der Waals surface area (Å²) >= 11 is 0. The van der Waals surface area contributed by atoms with E-state index in [1.54, 1.807) is 0 Å². The molecule has 1 N–H and O–H groups in total. The molecule has 0 heterocycles. The Morgan fingerprint density at radius 1 is 0.492 bits per heavy atom. The van der Waals surface area contributed by atoms with Gasteiger partial charge in [-0.1, -0.05) is 185 Å². The van der Waals surface area contributed by atoms with Crippen molar-refractivity contribution in [1.82, 2.24) is 0 Å². The van der Waals surface area contributed by atoms with E-state index in [2.05, 4.69) is 123 Å². The molecule has 2 unspecified atom stereocenters. The van der Waals surface area contributed by atoms with E-state index < -0.39 is 18.1 Å². The Bertz CT molecular complexity index is 1560. The van der Waals surface area contributed by atoms with Crippen LogP contribution in [0.4, 0.5) is 0 Å². The largest absolute Gasteiger partial charge is 0.477 e. The molecule has 8 heteroatoms. The van der Waals surface area contributed by atoms with Crippen molar-refractivity contribution < 1.29 is 38.2 Å². The molecule has 0 aromatic rings. The van der Waals surface area contributed by atoms with E-state index in [0.29, 0.717) is 19.3 Å². The topological polar surface area (TPSA) is 99.1 Å². The van der Waals surface area contributed by atoms with Gasteiger partial charge in [-0.25, -0.2) is 4.79 Å². The maximum atomic E-state index is 12.8. The first-order valence-corrected chi connectivity index (χ1v) is 24.4. The minimum Gasteiger partial charge on any atom is -0.477 e. The van der Waals surface area contributed by atoms with Gasteiger partial charge in [0, 0.05) is 19.3 Å². The normalized spacial score (nSPS) is 14.2. The molecule has 8 nitrogen and oxygen atoms in total. The van der Waals surface area contributed by atoms with E-state index in [9.17, 15) is 19.5 Å². The number of aliphatic carboxylic acids is 1. The Balaban J connectivity index is 4.49. The van der Waals surface area contributed by atoms with Crippen LogP contribution in [0.1, 0.15) is 142 Å². The third kappa shape index (κ3) is 44.2. The fourth-order valence-corrected chi connectivity index (χ4v) is 6.11. The van der Waals surface area contributed by atoms with Crippen LogP contribution in [-0.2, 0) is 28.6 Å². The number of carbonyl (C=O) groups is 3. The number of rotatable bonds is 41. The van der Waals surface area contributed by atoms with E-state index >= 15 is 0 Å². The second kappa shape index (κ2) is 45.8. The van der Waals surface area contributed by atoms with Crippen LogP contribution >= 0.6 is 0 Å². The van der Waals surface area contributed by atoms with Crippen molar-refractivity contribution in [3.05, 3.63) is 146 Å². The Kier molecular flexibility index (Phi) is 42.4. The van der Waals surface area contributed by atoms with Gasteiger partial charge in [0.15, 0.2) is 12.1 Å². The second-order valence-electron chi connectivity index (χ2n) is 16.7. The Morgan fingerprint density at radius 3 is 1.45 bits per heavy atom. The minimum absolute atomic E-state index is 0.0175. The highest BCUT2D eigenvalue weighted by Crippen LogP contribution is 2.12. The van der Waals surface area contributed by atoms with Crippen LogP contribution in [0, 0.1) is 0 Å². The first-order chi connectivity index (χ1) is 31.6. The zero-order valence-electron chi connectivity index (χ0n) is 41.1. The van der Waals surface area contributed by atoms with Gasteiger partial charge in [-0.05, 0) is 83.5 Å². The van der Waals surface area contributed by atoms with Gasteiger partial charge in [0.1, 0.15) is 6.61 Å². The zero-order valence-corrected chi connectivity index (χ0v) is 41.1.